The molecule has 3 nitrogen and oxygen atoms in total. The van der Waals surface area contributed by atoms with Gasteiger partial charge in [-0.1, -0.05) is 13.8 Å². The Morgan fingerprint density at radius 1 is 1.36 bits per heavy atom. The Morgan fingerprint density at radius 3 is 2.36 bits per heavy atom. The molecule has 1 atom stereocenters. The normalized spacial score (nSPS) is 20.1. The van der Waals surface area contributed by atoms with Gasteiger partial charge in [0.1, 0.15) is 0 Å². The van der Waals surface area contributed by atoms with E-state index in [1.165, 1.54) is 6.42 Å². The third kappa shape index (κ3) is 4.40. The summed E-state index contributed by atoms with van der Waals surface area (Å²) in [5, 5.41) is 7.01. The predicted octanol–water partition coefficient (Wildman–Crippen LogP) is 0.524. The van der Waals surface area contributed by atoms with Crippen LogP contribution in [-0.2, 0) is 0 Å². The van der Waals surface area contributed by atoms with Gasteiger partial charge in [-0.3, -0.25) is 0 Å². The molecule has 0 aromatic carbocycles. The van der Waals surface area contributed by atoms with Gasteiger partial charge in [0.2, 0.25) is 0 Å². The van der Waals surface area contributed by atoms with Crippen LogP contribution in [0, 0.1) is 5.92 Å². The van der Waals surface area contributed by atoms with Gasteiger partial charge in [0.05, 0.1) is 0 Å². The molecule has 0 bridgehead atoms. The van der Waals surface area contributed by atoms with Gasteiger partial charge in [-0.15, -0.1) is 0 Å². The Morgan fingerprint density at radius 2 is 2.00 bits per heavy atom. The lowest BCUT2D eigenvalue weighted by molar-refractivity contribution is 0.255. The van der Waals surface area contributed by atoms with Crippen molar-refractivity contribution in [3.8, 4) is 0 Å². The fraction of sp³-hybridized carbons (Fsp3) is 1.00. The Kier molecular flexibility index (Phi) is 4.85. The lowest BCUT2D eigenvalue weighted by Crippen LogP contribution is -2.59. The summed E-state index contributed by atoms with van der Waals surface area (Å²) in [5.41, 5.74) is 0. The van der Waals surface area contributed by atoms with Crippen LogP contribution in [0.3, 0.4) is 0 Å². The summed E-state index contributed by atoms with van der Waals surface area (Å²) in [5.74, 6) is 0.778. The molecule has 2 N–H and O–H groups in total. The predicted molar refractivity (Wildman–Crippen MR) is 61.6 cm³/mol. The van der Waals surface area contributed by atoms with E-state index in [0.29, 0.717) is 12.1 Å². The van der Waals surface area contributed by atoms with E-state index in [2.05, 4.69) is 43.5 Å². The number of rotatable bonds is 6. The summed E-state index contributed by atoms with van der Waals surface area (Å²) >= 11 is 0. The number of nitrogens with one attached hydrogen (secondary N) is 2. The first-order chi connectivity index (χ1) is 6.58. The first kappa shape index (κ1) is 12.0. The molecule has 1 aliphatic rings. The zero-order valence-electron chi connectivity index (χ0n) is 10.0. The van der Waals surface area contributed by atoms with E-state index in [-0.39, 0.29) is 0 Å². The Bertz CT molecular complexity index is 143. The molecular weight excluding hydrogens is 174 g/mol. The van der Waals surface area contributed by atoms with E-state index in [1.807, 2.05) is 0 Å². The Balaban J connectivity index is 2.26. The average molecular weight is 199 g/mol. The van der Waals surface area contributed by atoms with Crippen molar-refractivity contribution < 1.29 is 0 Å². The van der Waals surface area contributed by atoms with Gasteiger partial charge in [-0.2, -0.15) is 0 Å². The minimum Gasteiger partial charge on any atom is -0.314 e. The van der Waals surface area contributed by atoms with Crippen LogP contribution in [0.2, 0.25) is 0 Å². The maximum atomic E-state index is 3.71. The first-order valence-corrected chi connectivity index (χ1v) is 5.69. The Labute approximate surface area is 88.2 Å². The second-order valence-corrected chi connectivity index (χ2v) is 5.11. The number of hydrogen-bond acceptors (Lipinski definition) is 3. The van der Waals surface area contributed by atoms with Gasteiger partial charge in [-0.25, -0.2) is 0 Å². The van der Waals surface area contributed by atoms with Gasteiger partial charge >= 0.3 is 0 Å². The fourth-order valence-electron chi connectivity index (χ4n) is 1.94. The molecule has 0 aromatic heterocycles. The third-order valence-corrected chi connectivity index (χ3v) is 2.59. The van der Waals surface area contributed by atoms with E-state index < -0.39 is 0 Å². The molecular formula is C11H25N3. The van der Waals surface area contributed by atoms with Crippen molar-refractivity contribution in [3.63, 3.8) is 0 Å². The summed E-state index contributed by atoms with van der Waals surface area (Å²) in [7, 11) is 4.29. The molecule has 1 aliphatic heterocycles. The van der Waals surface area contributed by atoms with E-state index in [9.17, 15) is 0 Å². The summed E-state index contributed by atoms with van der Waals surface area (Å²) in [6, 6.07) is 1.36. The molecule has 1 saturated heterocycles. The van der Waals surface area contributed by atoms with Crippen LogP contribution in [0.1, 0.15) is 20.3 Å². The van der Waals surface area contributed by atoms with E-state index in [1.54, 1.807) is 0 Å². The molecule has 0 aromatic rings. The lowest BCUT2D eigenvalue weighted by atomic mass is 10.0. The molecule has 1 heterocycles. The topological polar surface area (TPSA) is 27.3 Å². The van der Waals surface area contributed by atoms with Crippen molar-refractivity contribution in [1.82, 2.24) is 15.5 Å². The van der Waals surface area contributed by atoms with Gasteiger partial charge in [-0.05, 0) is 26.4 Å². The third-order valence-electron chi connectivity index (χ3n) is 2.59. The maximum absolute atomic E-state index is 3.71. The number of nitrogens with zero attached hydrogens (tertiary/aromatic N) is 1. The van der Waals surface area contributed by atoms with Crippen molar-refractivity contribution in [1.29, 1.82) is 0 Å². The molecule has 84 valence electrons. The van der Waals surface area contributed by atoms with Crippen molar-refractivity contribution >= 4 is 0 Å². The summed E-state index contributed by atoms with van der Waals surface area (Å²) in [6.07, 6.45) is 1.27. The lowest BCUT2D eigenvalue weighted by Gasteiger charge is -2.34. The largest absolute Gasteiger partial charge is 0.314 e. The van der Waals surface area contributed by atoms with E-state index in [0.717, 1.165) is 25.6 Å². The quantitative estimate of drug-likeness (QED) is 0.653. The number of hydrogen-bond donors (Lipinski definition) is 2. The fourth-order valence-corrected chi connectivity index (χ4v) is 1.94. The van der Waals surface area contributed by atoms with E-state index in [4.69, 9.17) is 0 Å². The standard InChI is InChI=1S/C11H25N3/c1-9(2)5-10(8-14(3)4)13-11-6-12-7-11/h9-13H,5-8H2,1-4H3. The van der Waals surface area contributed by atoms with Crippen LogP contribution in [0.5, 0.6) is 0 Å². The smallest absolute Gasteiger partial charge is 0.0320 e. The molecule has 14 heavy (non-hydrogen) atoms. The average Bonchev–Trinajstić information content (AvgIpc) is 1.94. The molecule has 0 aliphatic carbocycles. The molecule has 0 saturated carbocycles. The van der Waals surface area contributed by atoms with Gasteiger partial charge in [0, 0.05) is 31.7 Å². The van der Waals surface area contributed by atoms with Crippen molar-refractivity contribution in [2.24, 2.45) is 5.92 Å². The van der Waals surface area contributed by atoms with Crippen LogP contribution >= 0.6 is 0 Å². The Hall–Kier alpha value is -0.120. The van der Waals surface area contributed by atoms with E-state index >= 15 is 0 Å². The van der Waals surface area contributed by atoms with Crippen LogP contribution in [0.4, 0.5) is 0 Å². The van der Waals surface area contributed by atoms with Crippen LogP contribution in [0.25, 0.3) is 0 Å². The van der Waals surface area contributed by atoms with Crippen LogP contribution in [-0.4, -0.2) is 50.7 Å². The second kappa shape index (κ2) is 5.69. The zero-order chi connectivity index (χ0) is 10.6. The second-order valence-electron chi connectivity index (χ2n) is 5.11. The monoisotopic (exact) mass is 199 g/mol. The van der Waals surface area contributed by atoms with Crippen LogP contribution < -0.4 is 10.6 Å². The summed E-state index contributed by atoms with van der Waals surface area (Å²) in [6.45, 7) is 8.02. The molecule has 1 rings (SSSR count). The molecule has 1 unspecified atom stereocenters. The van der Waals surface area contributed by atoms with Gasteiger partial charge in [0.25, 0.3) is 0 Å². The van der Waals surface area contributed by atoms with Gasteiger partial charge in [0.15, 0.2) is 0 Å². The van der Waals surface area contributed by atoms with Gasteiger partial charge < -0.3 is 15.5 Å². The summed E-state index contributed by atoms with van der Waals surface area (Å²) < 4.78 is 0. The van der Waals surface area contributed by atoms with Crippen molar-refractivity contribution in [3.05, 3.63) is 0 Å². The summed E-state index contributed by atoms with van der Waals surface area (Å²) in [4.78, 5) is 2.27. The highest BCUT2D eigenvalue weighted by Crippen LogP contribution is 2.07. The number of likely N-dealkylation sites (N-methyl/N-ethyl adjacent to an activating group) is 1. The highest BCUT2D eigenvalue weighted by Gasteiger charge is 2.21. The van der Waals surface area contributed by atoms with Crippen molar-refractivity contribution in [2.75, 3.05) is 33.7 Å². The van der Waals surface area contributed by atoms with Crippen molar-refractivity contribution in [2.45, 2.75) is 32.4 Å². The molecule has 0 spiro atoms. The first-order valence-electron chi connectivity index (χ1n) is 5.69. The minimum absolute atomic E-state index is 0.650. The van der Waals surface area contributed by atoms with Crippen LogP contribution in [0.15, 0.2) is 0 Å². The minimum atomic E-state index is 0.650. The SMILES string of the molecule is CC(C)CC(CN(C)C)NC1CNC1. The highest BCUT2D eigenvalue weighted by molar-refractivity contribution is 4.86. The highest BCUT2D eigenvalue weighted by atomic mass is 15.1. The molecule has 1 fully saturated rings. The zero-order valence-corrected chi connectivity index (χ0v) is 10.0. The molecule has 0 radical (unpaired) electrons. The molecule has 3 heteroatoms. The maximum Gasteiger partial charge on any atom is 0.0320 e. The molecule has 0 amide bonds.